The molecule has 1 aliphatic rings. The Balaban J connectivity index is 2.43. The first kappa shape index (κ1) is 16.5. The minimum atomic E-state index is -3.82. The number of hydrogen-bond acceptors (Lipinski definition) is 3. The van der Waals surface area contributed by atoms with Gasteiger partial charge >= 0.3 is 0 Å². The molecule has 2 rings (SSSR count). The van der Waals surface area contributed by atoms with Crippen molar-refractivity contribution in [3.8, 4) is 0 Å². The van der Waals surface area contributed by atoms with E-state index in [1.54, 1.807) is 6.07 Å². The molecule has 0 bridgehead atoms. The van der Waals surface area contributed by atoms with Gasteiger partial charge in [-0.05, 0) is 60.3 Å². The van der Waals surface area contributed by atoms with Crippen LogP contribution in [0.25, 0.3) is 0 Å². The summed E-state index contributed by atoms with van der Waals surface area (Å²) < 4.78 is 23.5. The number of hydrogen-bond donors (Lipinski definition) is 1. The predicted octanol–water partition coefficient (Wildman–Crippen LogP) is 2.50. The van der Waals surface area contributed by atoms with Crippen molar-refractivity contribution in [3.05, 3.63) is 28.2 Å². The van der Waals surface area contributed by atoms with Gasteiger partial charge in [-0.15, -0.1) is 0 Å². The minimum Gasteiger partial charge on any atom is -0.333 e. The normalized spacial score (nSPS) is 22.6. The van der Waals surface area contributed by atoms with E-state index in [4.69, 9.17) is 5.14 Å². The Hall–Kier alpha value is -0.920. The number of carbonyl (C=O) groups is 1. The van der Waals surface area contributed by atoms with Crippen LogP contribution in [0.2, 0.25) is 0 Å². The maximum atomic E-state index is 12.8. The summed E-state index contributed by atoms with van der Waals surface area (Å²) in [5, 5.41) is 5.14. The molecule has 0 aliphatic carbocycles. The average Bonchev–Trinajstić information content (AvgIpc) is 2.78. The third-order valence-electron chi connectivity index (χ3n) is 3.99. The highest BCUT2D eigenvalue weighted by Crippen LogP contribution is 2.30. The van der Waals surface area contributed by atoms with Crippen molar-refractivity contribution in [1.82, 2.24) is 4.90 Å². The van der Waals surface area contributed by atoms with Gasteiger partial charge in [0.1, 0.15) is 0 Å². The van der Waals surface area contributed by atoms with Crippen molar-refractivity contribution < 1.29 is 13.2 Å². The van der Waals surface area contributed by atoms with Gasteiger partial charge in [-0.2, -0.15) is 0 Å². The second-order valence-electron chi connectivity index (χ2n) is 5.39. The average molecular weight is 375 g/mol. The number of amides is 1. The van der Waals surface area contributed by atoms with Gasteiger partial charge in [0, 0.05) is 16.6 Å². The molecule has 1 aromatic carbocycles. The molecular weight excluding hydrogens is 356 g/mol. The Morgan fingerprint density at radius 2 is 2.10 bits per heavy atom. The summed E-state index contributed by atoms with van der Waals surface area (Å²) in [6, 6.07) is 4.65. The standard InChI is InChI=1S/C14H19BrN2O3S/c1-3-10-5-4-9(2)17(10)14(18)12-8-11(21(16,19)20)6-7-13(12)15/h6-10H,3-5H2,1-2H3,(H2,16,19,20). The van der Waals surface area contributed by atoms with E-state index in [0.717, 1.165) is 19.3 Å². The van der Waals surface area contributed by atoms with Gasteiger partial charge in [-0.25, -0.2) is 13.6 Å². The highest BCUT2D eigenvalue weighted by molar-refractivity contribution is 9.10. The first-order chi connectivity index (χ1) is 9.75. The van der Waals surface area contributed by atoms with Crippen LogP contribution in [0.4, 0.5) is 0 Å². The van der Waals surface area contributed by atoms with Crippen molar-refractivity contribution in [1.29, 1.82) is 0 Å². The van der Waals surface area contributed by atoms with E-state index in [1.807, 2.05) is 11.8 Å². The number of likely N-dealkylation sites (tertiary alicyclic amines) is 1. The second-order valence-corrected chi connectivity index (χ2v) is 7.80. The van der Waals surface area contributed by atoms with Gasteiger partial charge in [0.15, 0.2) is 0 Å². The topological polar surface area (TPSA) is 80.5 Å². The van der Waals surface area contributed by atoms with Gasteiger partial charge in [-0.3, -0.25) is 4.79 Å². The molecule has 1 aliphatic heterocycles. The van der Waals surface area contributed by atoms with E-state index in [9.17, 15) is 13.2 Å². The first-order valence-electron chi connectivity index (χ1n) is 6.90. The van der Waals surface area contributed by atoms with Gasteiger partial charge < -0.3 is 4.90 Å². The van der Waals surface area contributed by atoms with Gasteiger partial charge in [-0.1, -0.05) is 6.92 Å². The fraction of sp³-hybridized carbons (Fsp3) is 0.500. The Bertz CT molecular complexity index is 660. The lowest BCUT2D eigenvalue weighted by Crippen LogP contribution is -2.39. The fourth-order valence-electron chi connectivity index (χ4n) is 2.82. The van der Waals surface area contributed by atoms with Gasteiger partial charge in [0.2, 0.25) is 10.0 Å². The number of nitrogens with zero attached hydrogens (tertiary/aromatic N) is 1. The summed E-state index contributed by atoms with van der Waals surface area (Å²) in [6.45, 7) is 4.07. The summed E-state index contributed by atoms with van der Waals surface area (Å²) in [4.78, 5) is 14.6. The van der Waals surface area contributed by atoms with Crippen molar-refractivity contribution in [2.45, 2.75) is 50.1 Å². The molecule has 2 unspecified atom stereocenters. The molecule has 0 saturated carbocycles. The largest absolute Gasteiger partial charge is 0.333 e. The quantitative estimate of drug-likeness (QED) is 0.882. The molecule has 21 heavy (non-hydrogen) atoms. The SMILES string of the molecule is CCC1CCC(C)N1C(=O)c1cc(S(N)(=O)=O)ccc1Br. The Kier molecular flexibility index (Phi) is 4.75. The molecule has 2 atom stereocenters. The number of primary sulfonamides is 1. The smallest absolute Gasteiger partial charge is 0.255 e. The maximum absolute atomic E-state index is 12.8. The molecule has 0 radical (unpaired) electrons. The highest BCUT2D eigenvalue weighted by atomic mass is 79.9. The molecule has 2 N–H and O–H groups in total. The molecule has 0 spiro atoms. The molecule has 5 nitrogen and oxygen atoms in total. The summed E-state index contributed by atoms with van der Waals surface area (Å²) in [5.74, 6) is -0.149. The van der Waals surface area contributed by atoms with Crippen molar-refractivity contribution in [2.75, 3.05) is 0 Å². The first-order valence-corrected chi connectivity index (χ1v) is 9.24. The zero-order valence-corrected chi connectivity index (χ0v) is 14.4. The number of rotatable bonds is 3. The van der Waals surface area contributed by atoms with Crippen molar-refractivity contribution in [2.24, 2.45) is 5.14 Å². The lowest BCUT2D eigenvalue weighted by molar-refractivity contribution is 0.0675. The van der Waals surface area contributed by atoms with Crippen molar-refractivity contribution in [3.63, 3.8) is 0 Å². The molecule has 116 valence electrons. The number of benzene rings is 1. The van der Waals surface area contributed by atoms with Crippen LogP contribution in [-0.4, -0.2) is 31.3 Å². The number of halogens is 1. The number of carbonyl (C=O) groups excluding carboxylic acids is 1. The lowest BCUT2D eigenvalue weighted by Gasteiger charge is -2.28. The van der Waals surface area contributed by atoms with Crippen LogP contribution in [0.1, 0.15) is 43.5 Å². The third-order valence-corrected chi connectivity index (χ3v) is 5.59. The Morgan fingerprint density at radius 3 is 2.67 bits per heavy atom. The van der Waals surface area contributed by atoms with E-state index in [0.29, 0.717) is 10.0 Å². The van der Waals surface area contributed by atoms with E-state index in [1.165, 1.54) is 12.1 Å². The zero-order chi connectivity index (χ0) is 15.8. The summed E-state index contributed by atoms with van der Waals surface area (Å²) in [7, 11) is -3.82. The van der Waals surface area contributed by atoms with Crippen molar-refractivity contribution >= 4 is 31.9 Å². The van der Waals surface area contributed by atoms with Gasteiger partial charge in [0.25, 0.3) is 5.91 Å². The van der Waals surface area contributed by atoms with Crippen LogP contribution < -0.4 is 5.14 Å². The van der Waals surface area contributed by atoms with Crippen LogP contribution in [0, 0.1) is 0 Å². The lowest BCUT2D eigenvalue weighted by atomic mass is 10.1. The Labute approximate surface area is 133 Å². The second kappa shape index (κ2) is 6.06. The molecule has 1 aromatic rings. The predicted molar refractivity (Wildman–Crippen MR) is 84.5 cm³/mol. The van der Waals surface area contributed by atoms with Crippen LogP contribution in [0.5, 0.6) is 0 Å². The molecule has 0 aromatic heterocycles. The van der Waals surface area contributed by atoms with Gasteiger partial charge in [0.05, 0.1) is 10.5 Å². The van der Waals surface area contributed by atoms with E-state index in [2.05, 4.69) is 22.9 Å². The molecule has 7 heteroatoms. The number of nitrogens with two attached hydrogens (primary N) is 1. The fourth-order valence-corrected chi connectivity index (χ4v) is 3.78. The molecule has 1 fully saturated rings. The summed E-state index contributed by atoms with van der Waals surface area (Å²) in [5.41, 5.74) is 0.341. The van der Waals surface area contributed by atoms with E-state index >= 15 is 0 Å². The van der Waals surface area contributed by atoms with Crippen LogP contribution in [-0.2, 0) is 10.0 Å². The number of sulfonamides is 1. The molecule has 1 amide bonds. The monoisotopic (exact) mass is 374 g/mol. The maximum Gasteiger partial charge on any atom is 0.255 e. The molecular formula is C14H19BrN2O3S. The summed E-state index contributed by atoms with van der Waals surface area (Å²) in [6.07, 6.45) is 2.84. The van der Waals surface area contributed by atoms with Crippen LogP contribution >= 0.6 is 15.9 Å². The van der Waals surface area contributed by atoms with E-state index < -0.39 is 10.0 Å². The third kappa shape index (κ3) is 3.30. The summed E-state index contributed by atoms with van der Waals surface area (Å²) >= 11 is 3.32. The molecule has 1 heterocycles. The van der Waals surface area contributed by atoms with Crippen LogP contribution in [0.15, 0.2) is 27.6 Å². The minimum absolute atomic E-state index is 0.0473. The zero-order valence-electron chi connectivity index (χ0n) is 12.0. The highest BCUT2D eigenvalue weighted by Gasteiger charge is 2.34. The van der Waals surface area contributed by atoms with Crippen LogP contribution in [0.3, 0.4) is 0 Å². The van der Waals surface area contributed by atoms with E-state index in [-0.39, 0.29) is 22.9 Å². The Morgan fingerprint density at radius 1 is 1.43 bits per heavy atom. The molecule has 1 saturated heterocycles.